The number of hydrogen-bond donors (Lipinski definition) is 0. The van der Waals surface area contributed by atoms with Crippen LogP contribution in [0.25, 0.3) is 0 Å². The van der Waals surface area contributed by atoms with Gasteiger partial charge in [0, 0.05) is 44.3 Å². The molecule has 3 aliphatic heterocycles. The Hall–Kier alpha value is -1.72. The van der Waals surface area contributed by atoms with Crippen molar-refractivity contribution in [2.75, 3.05) is 66.1 Å². The van der Waals surface area contributed by atoms with Gasteiger partial charge >= 0.3 is 0 Å². The van der Waals surface area contributed by atoms with E-state index in [1.807, 2.05) is 29.2 Å². The van der Waals surface area contributed by atoms with Crippen LogP contribution in [0.4, 0.5) is 0 Å². The molecule has 3 aliphatic rings. The first-order chi connectivity index (χ1) is 19.2. The summed E-state index contributed by atoms with van der Waals surface area (Å²) in [4.78, 5) is 19.7. The zero-order valence-electron chi connectivity index (χ0n) is 23.0. The zero-order valence-corrected chi connectivity index (χ0v) is 25.3. The van der Waals surface area contributed by atoms with Crippen molar-refractivity contribution in [1.82, 2.24) is 19.0 Å². The normalized spacial score (nSPS) is 21.9. The maximum atomic E-state index is 13.7. The summed E-state index contributed by atoms with van der Waals surface area (Å²) < 4.78 is 34.8. The molecule has 5 rings (SSSR count). The van der Waals surface area contributed by atoms with E-state index in [1.165, 1.54) is 48.4 Å². The van der Waals surface area contributed by atoms with Crippen LogP contribution in [-0.2, 0) is 32.5 Å². The number of amides is 1. The largest absolute Gasteiger partial charge is 0.370 e. The van der Waals surface area contributed by atoms with E-state index < -0.39 is 16.1 Å². The third-order valence-corrected chi connectivity index (χ3v) is 11.0. The molecule has 0 radical (unpaired) electrons. The number of nitrogens with zero attached hydrogens (tertiary/aromatic N) is 4. The van der Waals surface area contributed by atoms with Crippen molar-refractivity contribution in [3.63, 3.8) is 0 Å². The monoisotopic (exact) mass is 608 g/mol. The summed E-state index contributed by atoms with van der Waals surface area (Å²) in [7, 11) is -1.75. The van der Waals surface area contributed by atoms with E-state index in [4.69, 9.17) is 27.9 Å². The Balaban J connectivity index is 1.17. The minimum absolute atomic E-state index is 0.0112. The van der Waals surface area contributed by atoms with Crippen LogP contribution >= 0.6 is 23.2 Å². The molecule has 11 heteroatoms. The molecule has 2 fully saturated rings. The Labute approximate surface area is 247 Å². The summed E-state index contributed by atoms with van der Waals surface area (Å²) >= 11 is 12.3. The minimum Gasteiger partial charge on any atom is -0.370 e. The summed E-state index contributed by atoms with van der Waals surface area (Å²) in [5.74, 6) is 0.690. The van der Waals surface area contributed by atoms with Crippen molar-refractivity contribution in [2.45, 2.75) is 36.7 Å². The average Bonchev–Trinajstić information content (AvgIpc) is 2.94. The summed E-state index contributed by atoms with van der Waals surface area (Å²) in [6.45, 7) is 6.84. The number of likely N-dealkylation sites (tertiary alicyclic amines) is 1. The van der Waals surface area contributed by atoms with E-state index in [0.717, 1.165) is 36.7 Å². The van der Waals surface area contributed by atoms with Gasteiger partial charge in [-0.15, -0.1) is 0 Å². The highest BCUT2D eigenvalue weighted by molar-refractivity contribution is 7.89. The number of sulfonamides is 1. The molecule has 1 atom stereocenters. The SMILES string of the molecule is CN1CCC(CN2CCN(C(=O)COCC3Cc4ccccc4CN3S(=O)(=O)c3ccc(Cl)cc3Cl)CC2)CC1. The molecule has 2 aromatic rings. The first kappa shape index (κ1) is 29.8. The Morgan fingerprint density at radius 2 is 1.68 bits per heavy atom. The van der Waals surface area contributed by atoms with Crippen LogP contribution in [0.15, 0.2) is 47.4 Å². The Kier molecular flexibility index (Phi) is 9.72. The fourth-order valence-electron chi connectivity index (χ4n) is 5.96. The number of piperazine rings is 1. The zero-order chi connectivity index (χ0) is 28.3. The molecule has 0 N–H and O–H groups in total. The molecule has 8 nitrogen and oxygen atoms in total. The van der Waals surface area contributed by atoms with Crippen molar-refractivity contribution < 1.29 is 17.9 Å². The Bertz CT molecular complexity index is 1290. The van der Waals surface area contributed by atoms with E-state index in [1.54, 1.807) is 0 Å². The molecule has 0 spiro atoms. The van der Waals surface area contributed by atoms with Crippen molar-refractivity contribution in [3.05, 3.63) is 63.6 Å². The summed E-state index contributed by atoms with van der Waals surface area (Å²) in [6.07, 6.45) is 2.97. The van der Waals surface area contributed by atoms with Gasteiger partial charge in [0.25, 0.3) is 0 Å². The van der Waals surface area contributed by atoms with Gasteiger partial charge in [-0.05, 0) is 74.6 Å². The molecule has 2 saturated heterocycles. The maximum Gasteiger partial charge on any atom is 0.248 e. The van der Waals surface area contributed by atoms with Crippen molar-refractivity contribution in [2.24, 2.45) is 5.92 Å². The van der Waals surface area contributed by atoms with Crippen molar-refractivity contribution in [3.8, 4) is 0 Å². The number of halogens is 2. The predicted octanol–water partition coefficient (Wildman–Crippen LogP) is 3.61. The third-order valence-electron chi connectivity index (χ3n) is 8.40. The Morgan fingerprint density at radius 1 is 0.975 bits per heavy atom. The van der Waals surface area contributed by atoms with Gasteiger partial charge in [-0.25, -0.2) is 8.42 Å². The molecule has 218 valence electrons. The molecule has 2 aromatic carbocycles. The summed E-state index contributed by atoms with van der Waals surface area (Å²) in [5.41, 5.74) is 2.03. The minimum atomic E-state index is -3.93. The maximum absolute atomic E-state index is 13.7. The highest BCUT2D eigenvalue weighted by Crippen LogP contribution is 2.33. The van der Waals surface area contributed by atoms with Crippen LogP contribution in [0.1, 0.15) is 24.0 Å². The smallest absolute Gasteiger partial charge is 0.248 e. The van der Waals surface area contributed by atoms with E-state index in [-0.39, 0.29) is 35.6 Å². The summed E-state index contributed by atoms with van der Waals surface area (Å²) in [6, 6.07) is 11.7. The second-order valence-corrected chi connectivity index (χ2v) is 13.9. The lowest BCUT2D eigenvalue weighted by Gasteiger charge is -2.38. The molecule has 0 aliphatic carbocycles. The van der Waals surface area contributed by atoms with Gasteiger partial charge < -0.3 is 14.5 Å². The molecule has 0 aromatic heterocycles. The van der Waals surface area contributed by atoms with Gasteiger partial charge in [0.2, 0.25) is 15.9 Å². The van der Waals surface area contributed by atoms with Gasteiger partial charge in [0.15, 0.2) is 0 Å². The van der Waals surface area contributed by atoms with Gasteiger partial charge in [0.05, 0.1) is 17.7 Å². The quantitative estimate of drug-likeness (QED) is 0.456. The lowest BCUT2D eigenvalue weighted by Crippen LogP contribution is -2.51. The van der Waals surface area contributed by atoms with Crippen LogP contribution < -0.4 is 0 Å². The number of hydrogen-bond acceptors (Lipinski definition) is 6. The van der Waals surface area contributed by atoms with Gasteiger partial charge in [-0.2, -0.15) is 4.31 Å². The average molecular weight is 610 g/mol. The molecule has 0 bridgehead atoms. The van der Waals surface area contributed by atoms with Gasteiger partial charge in [-0.3, -0.25) is 9.69 Å². The van der Waals surface area contributed by atoms with Crippen LogP contribution in [0.2, 0.25) is 10.0 Å². The topological polar surface area (TPSA) is 73.4 Å². The fraction of sp³-hybridized carbons (Fsp3) is 0.552. The number of piperidine rings is 1. The van der Waals surface area contributed by atoms with Crippen LogP contribution in [0.5, 0.6) is 0 Å². The van der Waals surface area contributed by atoms with E-state index in [2.05, 4.69) is 16.8 Å². The number of benzene rings is 2. The standard InChI is InChI=1S/C29H38Cl2N4O4S/c1-32-10-8-22(9-11-32)18-33-12-14-34(15-13-33)29(36)21-39-20-26-16-23-4-2-3-5-24(23)19-35(26)40(37,38)28-7-6-25(30)17-27(28)31/h2-7,17,22,26H,8-16,18-21H2,1H3. The van der Waals surface area contributed by atoms with E-state index in [9.17, 15) is 13.2 Å². The Morgan fingerprint density at radius 3 is 2.38 bits per heavy atom. The number of fused-ring (bicyclic) bond motifs is 1. The van der Waals surface area contributed by atoms with Gasteiger partial charge in [-0.1, -0.05) is 47.5 Å². The highest BCUT2D eigenvalue weighted by Gasteiger charge is 2.37. The number of ether oxygens (including phenoxy) is 1. The van der Waals surface area contributed by atoms with Crippen molar-refractivity contribution in [1.29, 1.82) is 0 Å². The second-order valence-electron chi connectivity index (χ2n) is 11.2. The fourth-order valence-corrected chi connectivity index (χ4v) is 8.30. The van der Waals surface area contributed by atoms with Crippen molar-refractivity contribution >= 4 is 39.1 Å². The van der Waals surface area contributed by atoms with Crippen LogP contribution in [0, 0.1) is 5.92 Å². The van der Waals surface area contributed by atoms with E-state index in [0.29, 0.717) is 24.5 Å². The number of carbonyl (C=O) groups excluding carboxylic acids is 1. The number of carbonyl (C=O) groups is 1. The second kappa shape index (κ2) is 13.1. The lowest BCUT2D eigenvalue weighted by atomic mass is 9.96. The lowest BCUT2D eigenvalue weighted by molar-refractivity contribution is -0.138. The molecule has 0 saturated carbocycles. The molecular weight excluding hydrogens is 571 g/mol. The molecule has 1 unspecified atom stereocenters. The summed E-state index contributed by atoms with van der Waals surface area (Å²) in [5, 5.41) is 0.449. The molecule has 1 amide bonds. The molecular formula is C29H38Cl2N4O4S. The number of rotatable bonds is 8. The first-order valence-corrected chi connectivity index (χ1v) is 16.2. The van der Waals surface area contributed by atoms with Crippen LogP contribution in [-0.4, -0.2) is 105 Å². The van der Waals surface area contributed by atoms with Gasteiger partial charge in [0.1, 0.15) is 11.5 Å². The predicted molar refractivity (Wildman–Crippen MR) is 157 cm³/mol. The molecule has 3 heterocycles. The third kappa shape index (κ3) is 7.01. The highest BCUT2D eigenvalue weighted by atomic mass is 35.5. The molecule has 40 heavy (non-hydrogen) atoms. The first-order valence-electron chi connectivity index (χ1n) is 14.0. The van der Waals surface area contributed by atoms with Crippen LogP contribution in [0.3, 0.4) is 0 Å². The van der Waals surface area contributed by atoms with E-state index >= 15 is 0 Å².